The molecule has 106 valence electrons. The van der Waals surface area contributed by atoms with Crippen LogP contribution in [0, 0.1) is 13.8 Å². The largest absolute Gasteiger partial charge is 0.351 e. The Hall–Kier alpha value is -2.47. The fraction of sp³-hybridized carbons (Fsp3) is 0.133. The van der Waals surface area contributed by atoms with E-state index in [0.717, 1.165) is 11.4 Å². The Morgan fingerprint density at radius 2 is 1.95 bits per heavy atom. The molecule has 0 bridgehead atoms. The molecule has 0 fully saturated rings. The first-order valence-electron chi connectivity index (χ1n) is 6.40. The minimum Gasteiger partial charge on any atom is -0.351 e. The zero-order chi connectivity index (χ0) is 14.8. The van der Waals surface area contributed by atoms with E-state index in [1.165, 1.54) is 16.2 Å². The molecule has 0 radical (unpaired) electrons. The molecule has 3 aromatic rings. The van der Waals surface area contributed by atoms with Crippen LogP contribution in [0.5, 0.6) is 0 Å². The molecule has 0 aliphatic rings. The van der Waals surface area contributed by atoms with Crippen molar-refractivity contribution in [3.8, 4) is 0 Å². The maximum atomic E-state index is 12.7. The number of para-hydroxylation sites is 1. The number of anilines is 2. The van der Waals surface area contributed by atoms with E-state index in [1.54, 1.807) is 13.0 Å². The molecular weight excluding hydrogens is 286 g/mol. The van der Waals surface area contributed by atoms with Gasteiger partial charge in [0.25, 0.3) is 0 Å². The summed E-state index contributed by atoms with van der Waals surface area (Å²) in [7, 11) is 0. The topological polar surface area (TPSA) is 59.2 Å². The fourth-order valence-corrected chi connectivity index (χ4v) is 2.73. The summed E-state index contributed by atoms with van der Waals surface area (Å²) in [6, 6.07) is 11.0. The quantitative estimate of drug-likeness (QED) is 0.739. The first kappa shape index (κ1) is 13.5. The second-order valence-electron chi connectivity index (χ2n) is 4.58. The lowest BCUT2D eigenvalue weighted by molar-refractivity contribution is 0.0964. The van der Waals surface area contributed by atoms with Gasteiger partial charge in [-0.1, -0.05) is 23.4 Å². The van der Waals surface area contributed by atoms with E-state index >= 15 is 0 Å². The zero-order valence-electron chi connectivity index (χ0n) is 11.6. The number of aromatic nitrogens is 2. The zero-order valence-corrected chi connectivity index (χ0v) is 12.4. The number of amides is 1. The van der Waals surface area contributed by atoms with Gasteiger partial charge in [-0.15, -0.1) is 11.3 Å². The summed E-state index contributed by atoms with van der Waals surface area (Å²) in [5, 5.41) is 6.29. The Labute approximate surface area is 125 Å². The first-order chi connectivity index (χ1) is 10.1. The van der Waals surface area contributed by atoms with Crippen molar-refractivity contribution in [3.63, 3.8) is 0 Å². The van der Waals surface area contributed by atoms with Crippen molar-refractivity contribution < 1.29 is 9.32 Å². The van der Waals surface area contributed by atoms with Crippen LogP contribution < -0.4 is 4.90 Å². The number of aryl methyl sites for hydroxylation is 2. The molecule has 1 amide bonds. The van der Waals surface area contributed by atoms with E-state index < -0.39 is 0 Å². The monoisotopic (exact) mass is 299 g/mol. The van der Waals surface area contributed by atoms with Gasteiger partial charge in [-0.05, 0) is 26.0 Å². The van der Waals surface area contributed by atoms with Gasteiger partial charge in [-0.25, -0.2) is 9.88 Å². The predicted molar refractivity (Wildman–Crippen MR) is 81.0 cm³/mol. The molecular formula is C15H13N3O2S. The summed E-state index contributed by atoms with van der Waals surface area (Å²) in [5.74, 6) is -0.0830. The van der Waals surface area contributed by atoms with Gasteiger partial charge in [0.2, 0.25) is 5.76 Å². The summed E-state index contributed by atoms with van der Waals surface area (Å²) in [6.45, 7) is 3.67. The van der Waals surface area contributed by atoms with Crippen molar-refractivity contribution in [1.29, 1.82) is 0 Å². The Kier molecular flexibility index (Phi) is 3.53. The van der Waals surface area contributed by atoms with Crippen LogP contribution in [-0.4, -0.2) is 16.0 Å². The van der Waals surface area contributed by atoms with Crippen LogP contribution >= 0.6 is 11.3 Å². The minimum atomic E-state index is -0.281. The maximum Gasteiger partial charge on any atom is 0.303 e. The second kappa shape index (κ2) is 5.49. The highest BCUT2D eigenvalue weighted by molar-refractivity contribution is 7.14. The summed E-state index contributed by atoms with van der Waals surface area (Å²) in [4.78, 5) is 18.7. The fourth-order valence-electron chi connectivity index (χ4n) is 1.91. The molecule has 0 aliphatic heterocycles. The van der Waals surface area contributed by atoms with Gasteiger partial charge >= 0.3 is 5.91 Å². The molecule has 0 spiro atoms. The average Bonchev–Trinajstić information content (AvgIpc) is 3.09. The van der Waals surface area contributed by atoms with Crippen LogP contribution in [0.3, 0.4) is 0 Å². The van der Waals surface area contributed by atoms with Crippen LogP contribution in [0.2, 0.25) is 0 Å². The number of thiazole rings is 1. The number of carbonyl (C=O) groups excluding carboxylic acids is 1. The summed E-state index contributed by atoms with van der Waals surface area (Å²) in [5.41, 5.74) is 2.28. The Morgan fingerprint density at radius 3 is 2.52 bits per heavy atom. The molecule has 0 saturated carbocycles. The van der Waals surface area contributed by atoms with Crippen molar-refractivity contribution in [1.82, 2.24) is 10.1 Å². The average molecular weight is 299 g/mol. The number of rotatable bonds is 3. The van der Waals surface area contributed by atoms with E-state index in [0.29, 0.717) is 10.8 Å². The summed E-state index contributed by atoms with van der Waals surface area (Å²) < 4.78 is 5.09. The number of nitrogens with zero attached hydrogens (tertiary/aromatic N) is 3. The van der Waals surface area contributed by atoms with Gasteiger partial charge < -0.3 is 4.52 Å². The van der Waals surface area contributed by atoms with Crippen molar-refractivity contribution in [2.24, 2.45) is 0 Å². The van der Waals surface area contributed by atoms with Gasteiger partial charge in [0.15, 0.2) is 5.13 Å². The number of hydrogen-bond donors (Lipinski definition) is 0. The Bertz CT molecular complexity index is 764. The van der Waals surface area contributed by atoms with Crippen molar-refractivity contribution in [2.75, 3.05) is 4.90 Å². The first-order valence-corrected chi connectivity index (χ1v) is 7.28. The Morgan fingerprint density at radius 1 is 1.19 bits per heavy atom. The van der Waals surface area contributed by atoms with E-state index in [4.69, 9.17) is 4.52 Å². The van der Waals surface area contributed by atoms with Crippen LogP contribution in [0.15, 0.2) is 46.3 Å². The third kappa shape index (κ3) is 2.71. The maximum absolute atomic E-state index is 12.7. The van der Waals surface area contributed by atoms with Crippen molar-refractivity contribution in [2.45, 2.75) is 13.8 Å². The van der Waals surface area contributed by atoms with Crippen LogP contribution in [0.25, 0.3) is 0 Å². The molecule has 2 aromatic heterocycles. The standard InChI is InChI=1S/C15H13N3O2S/c1-10-8-13(20-17-10)14(19)18(12-6-4-3-5-7-12)15-16-11(2)9-21-15/h3-9H,1-2H3. The van der Waals surface area contributed by atoms with E-state index in [1.807, 2.05) is 42.6 Å². The highest BCUT2D eigenvalue weighted by atomic mass is 32.1. The molecule has 2 heterocycles. The molecule has 0 aliphatic carbocycles. The molecule has 3 rings (SSSR count). The number of hydrogen-bond acceptors (Lipinski definition) is 5. The number of carbonyl (C=O) groups is 1. The van der Waals surface area contributed by atoms with Gasteiger partial charge in [-0.3, -0.25) is 4.79 Å². The van der Waals surface area contributed by atoms with Crippen LogP contribution in [0.4, 0.5) is 10.8 Å². The molecule has 0 unspecified atom stereocenters. The van der Waals surface area contributed by atoms with Gasteiger partial charge in [0.1, 0.15) is 0 Å². The van der Waals surface area contributed by atoms with E-state index in [-0.39, 0.29) is 11.7 Å². The predicted octanol–water partition coefficient (Wildman–Crippen LogP) is 3.73. The van der Waals surface area contributed by atoms with Crippen LogP contribution in [-0.2, 0) is 0 Å². The van der Waals surface area contributed by atoms with Crippen molar-refractivity contribution >= 4 is 28.1 Å². The second-order valence-corrected chi connectivity index (χ2v) is 5.42. The summed E-state index contributed by atoms with van der Waals surface area (Å²) in [6.07, 6.45) is 0. The third-order valence-electron chi connectivity index (χ3n) is 2.85. The van der Waals surface area contributed by atoms with Crippen molar-refractivity contribution in [3.05, 3.63) is 58.9 Å². The molecule has 1 aromatic carbocycles. The normalized spacial score (nSPS) is 10.6. The van der Waals surface area contributed by atoms with Gasteiger partial charge in [0.05, 0.1) is 17.1 Å². The van der Waals surface area contributed by atoms with Gasteiger partial charge in [-0.2, -0.15) is 0 Å². The van der Waals surface area contributed by atoms with Gasteiger partial charge in [0, 0.05) is 11.4 Å². The molecule has 21 heavy (non-hydrogen) atoms. The highest BCUT2D eigenvalue weighted by Crippen LogP contribution is 2.30. The SMILES string of the molecule is Cc1cc(C(=O)N(c2ccccc2)c2nc(C)cs2)on1. The van der Waals surface area contributed by atoms with Crippen LogP contribution in [0.1, 0.15) is 21.9 Å². The molecule has 0 saturated heterocycles. The molecule has 6 heteroatoms. The molecule has 0 atom stereocenters. The molecule has 5 nitrogen and oxygen atoms in total. The third-order valence-corrected chi connectivity index (χ3v) is 3.80. The summed E-state index contributed by atoms with van der Waals surface area (Å²) >= 11 is 1.41. The number of benzene rings is 1. The Balaban J connectivity index is 2.06. The van der Waals surface area contributed by atoms with E-state index in [2.05, 4.69) is 10.1 Å². The molecule has 0 N–H and O–H groups in total. The highest BCUT2D eigenvalue weighted by Gasteiger charge is 2.25. The minimum absolute atomic E-state index is 0.198. The smallest absolute Gasteiger partial charge is 0.303 e. The van der Waals surface area contributed by atoms with E-state index in [9.17, 15) is 4.79 Å². The lowest BCUT2D eigenvalue weighted by Gasteiger charge is -2.18. The lowest BCUT2D eigenvalue weighted by atomic mass is 10.2. The lowest BCUT2D eigenvalue weighted by Crippen LogP contribution is -2.25.